The highest BCUT2D eigenvalue weighted by Crippen LogP contribution is 2.49. The maximum Gasteiger partial charge on any atom is 0.313 e. The number of carbonyl (C=O) groups excluding carboxylic acids is 1. The van der Waals surface area contributed by atoms with Crippen LogP contribution in [0.2, 0.25) is 0 Å². The fourth-order valence-corrected chi connectivity index (χ4v) is 2.24. The van der Waals surface area contributed by atoms with E-state index < -0.39 is 0 Å². The van der Waals surface area contributed by atoms with E-state index in [9.17, 15) is 4.79 Å². The first-order valence-corrected chi connectivity index (χ1v) is 4.09. The summed E-state index contributed by atoms with van der Waals surface area (Å²) in [6.07, 6.45) is 2.19. The van der Waals surface area contributed by atoms with Crippen molar-refractivity contribution in [2.24, 2.45) is 11.3 Å². The average molecular weight is 155 g/mol. The predicted octanol–water partition coefficient (Wildman–Crippen LogP) is 0.159. The van der Waals surface area contributed by atoms with Crippen LogP contribution in [0.1, 0.15) is 12.8 Å². The van der Waals surface area contributed by atoms with Gasteiger partial charge in [-0.25, -0.2) is 0 Å². The van der Waals surface area contributed by atoms with Gasteiger partial charge in [0.15, 0.2) is 0 Å². The average Bonchev–Trinajstić information content (AvgIpc) is 2.27. The molecule has 2 rings (SSSR count). The predicted molar refractivity (Wildman–Crippen MR) is 40.0 cm³/mol. The zero-order chi connectivity index (χ0) is 7.90. The second kappa shape index (κ2) is 2.21. The highest BCUT2D eigenvalue weighted by atomic mass is 16.5. The highest BCUT2D eigenvalue weighted by molar-refractivity contribution is 5.79. The molecule has 2 atom stereocenters. The molecule has 3 nitrogen and oxygen atoms in total. The van der Waals surface area contributed by atoms with Gasteiger partial charge in [-0.2, -0.15) is 0 Å². The van der Waals surface area contributed by atoms with Crippen molar-refractivity contribution < 1.29 is 9.53 Å². The molecule has 0 spiro atoms. The minimum absolute atomic E-state index is 0.0150. The summed E-state index contributed by atoms with van der Waals surface area (Å²) in [5.41, 5.74) is -0.130. The fourth-order valence-electron chi connectivity index (χ4n) is 2.24. The molecule has 0 aromatic rings. The first-order valence-electron chi connectivity index (χ1n) is 4.09. The zero-order valence-corrected chi connectivity index (χ0v) is 6.72. The van der Waals surface area contributed by atoms with Crippen LogP contribution in [0.4, 0.5) is 0 Å². The van der Waals surface area contributed by atoms with E-state index >= 15 is 0 Å². The van der Waals surface area contributed by atoms with Crippen LogP contribution in [0.5, 0.6) is 0 Å². The van der Waals surface area contributed by atoms with Crippen molar-refractivity contribution in [1.82, 2.24) is 5.32 Å². The molecule has 11 heavy (non-hydrogen) atoms. The molecule has 0 aromatic carbocycles. The van der Waals surface area contributed by atoms with Gasteiger partial charge in [0.2, 0.25) is 0 Å². The van der Waals surface area contributed by atoms with E-state index in [0.29, 0.717) is 5.92 Å². The smallest absolute Gasteiger partial charge is 0.313 e. The number of carbonyl (C=O) groups is 1. The fraction of sp³-hybridized carbons (Fsp3) is 0.875. The Morgan fingerprint density at radius 2 is 2.55 bits per heavy atom. The summed E-state index contributed by atoms with van der Waals surface area (Å²) < 4.78 is 4.78. The van der Waals surface area contributed by atoms with Gasteiger partial charge >= 0.3 is 5.97 Å². The van der Waals surface area contributed by atoms with Crippen LogP contribution in [-0.4, -0.2) is 26.2 Å². The Kier molecular flexibility index (Phi) is 1.42. The van der Waals surface area contributed by atoms with Gasteiger partial charge in [-0.05, 0) is 25.3 Å². The lowest BCUT2D eigenvalue weighted by atomic mass is 9.62. The number of hydrogen-bond acceptors (Lipinski definition) is 3. The highest BCUT2D eigenvalue weighted by Gasteiger charge is 2.56. The van der Waals surface area contributed by atoms with Gasteiger partial charge in [0.25, 0.3) is 0 Å². The molecule has 1 N–H and O–H groups in total. The number of methoxy groups -OCH3 is 1. The van der Waals surface area contributed by atoms with Gasteiger partial charge in [-0.1, -0.05) is 0 Å². The summed E-state index contributed by atoms with van der Waals surface area (Å²) in [4.78, 5) is 11.3. The van der Waals surface area contributed by atoms with Crippen LogP contribution in [0.15, 0.2) is 0 Å². The van der Waals surface area contributed by atoms with Crippen LogP contribution in [0.3, 0.4) is 0 Å². The lowest BCUT2D eigenvalue weighted by molar-refractivity contribution is -0.160. The second-order valence-corrected chi connectivity index (χ2v) is 3.51. The monoisotopic (exact) mass is 155 g/mol. The van der Waals surface area contributed by atoms with E-state index in [2.05, 4.69) is 5.32 Å². The van der Waals surface area contributed by atoms with Crippen molar-refractivity contribution >= 4 is 5.97 Å². The summed E-state index contributed by atoms with van der Waals surface area (Å²) in [7, 11) is 1.48. The van der Waals surface area contributed by atoms with Crippen molar-refractivity contribution in [2.45, 2.75) is 12.8 Å². The van der Waals surface area contributed by atoms with Crippen LogP contribution in [0.25, 0.3) is 0 Å². The standard InChI is InChI=1S/C8H13NO2/c1-11-7(10)8-3-2-6(8)4-9-5-8/h6,9H,2-5H2,1H3. The molecule has 1 saturated carbocycles. The number of nitrogens with one attached hydrogen (secondary N) is 1. The number of fused-ring (bicyclic) bond motifs is 1. The maximum atomic E-state index is 11.3. The maximum absolute atomic E-state index is 11.3. The molecule has 2 unspecified atom stereocenters. The summed E-state index contributed by atoms with van der Waals surface area (Å²) in [6.45, 7) is 1.82. The van der Waals surface area contributed by atoms with Crippen molar-refractivity contribution in [3.8, 4) is 0 Å². The van der Waals surface area contributed by atoms with Crippen LogP contribution < -0.4 is 5.32 Å². The number of ether oxygens (including phenoxy) is 1. The van der Waals surface area contributed by atoms with E-state index in [1.807, 2.05) is 0 Å². The quantitative estimate of drug-likeness (QED) is 0.548. The molecule has 3 heteroatoms. The molecule has 2 fully saturated rings. The van der Waals surface area contributed by atoms with Gasteiger partial charge in [0, 0.05) is 6.54 Å². The van der Waals surface area contributed by atoms with Crippen LogP contribution in [0, 0.1) is 11.3 Å². The zero-order valence-electron chi connectivity index (χ0n) is 6.72. The Hall–Kier alpha value is -0.570. The molecule has 1 heterocycles. The van der Waals surface area contributed by atoms with Gasteiger partial charge in [0.05, 0.1) is 12.5 Å². The van der Waals surface area contributed by atoms with E-state index in [1.165, 1.54) is 13.5 Å². The second-order valence-electron chi connectivity index (χ2n) is 3.51. The topological polar surface area (TPSA) is 38.3 Å². The molecule has 2 aliphatic rings. The van der Waals surface area contributed by atoms with E-state index in [-0.39, 0.29) is 11.4 Å². The van der Waals surface area contributed by atoms with E-state index in [4.69, 9.17) is 4.74 Å². The summed E-state index contributed by atoms with van der Waals surface area (Å²) in [5.74, 6) is 0.536. The number of hydrogen-bond donors (Lipinski definition) is 1. The third kappa shape index (κ3) is 0.745. The van der Waals surface area contributed by atoms with E-state index in [1.54, 1.807) is 0 Å². The minimum Gasteiger partial charge on any atom is -0.469 e. The molecule has 1 aliphatic carbocycles. The first kappa shape index (κ1) is 7.10. The Bertz CT molecular complexity index is 193. The van der Waals surface area contributed by atoms with Crippen LogP contribution in [-0.2, 0) is 9.53 Å². The van der Waals surface area contributed by atoms with Gasteiger partial charge in [-0.3, -0.25) is 4.79 Å². The summed E-state index contributed by atoms with van der Waals surface area (Å²) >= 11 is 0. The SMILES string of the molecule is COC(=O)C12CCC1CNC2. The normalized spacial score (nSPS) is 41.0. The Morgan fingerprint density at radius 3 is 3.00 bits per heavy atom. The van der Waals surface area contributed by atoms with Crippen molar-refractivity contribution in [3.63, 3.8) is 0 Å². The first-order chi connectivity index (χ1) is 5.29. The molecular formula is C8H13NO2. The van der Waals surface area contributed by atoms with Crippen LogP contribution >= 0.6 is 0 Å². The van der Waals surface area contributed by atoms with Crippen molar-refractivity contribution in [1.29, 1.82) is 0 Å². The summed E-state index contributed by atoms with van der Waals surface area (Å²) in [5, 5.41) is 3.24. The molecule has 0 aromatic heterocycles. The molecule has 1 saturated heterocycles. The van der Waals surface area contributed by atoms with Gasteiger partial charge < -0.3 is 10.1 Å². The van der Waals surface area contributed by atoms with Crippen molar-refractivity contribution in [3.05, 3.63) is 0 Å². The molecule has 0 bridgehead atoms. The molecule has 62 valence electrons. The Balaban J connectivity index is 2.15. The molecule has 1 aliphatic heterocycles. The number of esters is 1. The third-order valence-corrected chi connectivity index (χ3v) is 3.14. The molecule has 0 amide bonds. The lowest BCUT2D eigenvalue weighted by Crippen LogP contribution is -2.46. The van der Waals surface area contributed by atoms with Gasteiger partial charge in [-0.15, -0.1) is 0 Å². The molecular weight excluding hydrogens is 142 g/mol. The number of rotatable bonds is 1. The van der Waals surface area contributed by atoms with Gasteiger partial charge in [0.1, 0.15) is 0 Å². The lowest BCUT2D eigenvalue weighted by Gasteiger charge is -2.40. The summed E-state index contributed by atoms with van der Waals surface area (Å²) in [6, 6.07) is 0. The minimum atomic E-state index is -0.130. The molecule has 0 radical (unpaired) electrons. The van der Waals surface area contributed by atoms with E-state index in [0.717, 1.165) is 19.5 Å². The largest absolute Gasteiger partial charge is 0.469 e. The third-order valence-electron chi connectivity index (χ3n) is 3.14. The Morgan fingerprint density at radius 1 is 1.73 bits per heavy atom. The Labute approximate surface area is 66.1 Å². The van der Waals surface area contributed by atoms with Crippen molar-refractivity contribution in [2.75, 3.05) is 20.2 Å².